The van der Waals surface area contributed by atoms with Gasteiger partial charge in [-0.25, -0.2) is 8.42 Å². The Labute approximate surface area is 197 Å². The standard InChI is InChI=1S/C24H27ClN2O3S2/c1-4-27(5-2)12-13-30-23-18-8-6-7-9-20(18)26-21(23)15-32(28,29)24-16(3)19-14-17(25)10-11-22(19)31-24/h6-11,14,26H,4-5,12-13,15H2,1-3H3. The summed E-state index contributed by atoms with van der Waals surface area (Å²) in [4.78, 5) is 5.56. The number of halogens is 1. The van der Waals surface area contributed by atoms with E-state index in [0.29, 0.717) is 27.3 Å². The molecule has 170 valence electrons. The molecule has 0 bridgehead atoms. The maximum atomic E-state index is 13.5. The van der Waals surface area contributed by atoms with Gasteiger partial charge in [-0.2, -0.15) is 0 Å². The second-order valence-electron chi connectivity index (χ2n) is 7.77. The van der Waals surface area contributed by atoms with E-state index < -0.39 is 9.84 Å². The average molecular weight is 491 g/mol. The number of aromatic amines is 1. The first-order chi connectivity index (χ1) is 15.3. The van der Waals surface area contributed by atoms with Crippen molar-refractivity contribution in [2.45, 2.75) is 30.7 Å². The second-order valence-corrected chi connectivity index (χ2v) is 11.4. The Hall–Kier alpha value is -2.06. The van der Waals surface area contributed by atoms with Gasteiger partial charge in [0.2, 0.25) is 0 Å². The van der Waals surface area contributed by atoms with Crippen molar-refractivity contribution in [1.82, 2.24) is 9.88 Å². The molecule has 32 heavy (non-hydrogen) atoms. The number of rotatable bonds is 9. The summed E-state index contributed by atoms with van der Waals surface area (Å²) in [6, 6.07) is 13.3. The number of nitrogens with zero attached hydrogens (tertiary/aromatic N) is 1. The minimum atomic E-state index is -3.59. The first-order valence-corrected chi connectivity index (χ1v) is 13.5. The SMILES string of the molecule is CCN(CC)CCOc1c(CS(=O)(=O)c2sc3ccc(Cl)cc3c2C)[nH]c2ccccc12. The Balaban J connectivity index is 1.68. The second kappa shape index (κ2) is 9.43. The lowest BCUT2D eigenvalue weighted by molar-refractivity contribution is 0.223. The predicted octanol–water partition coefficient (Wildman–Crippen LogP) is 6.04. The molecule has 0 spiro atoms. The number of aryl methyl sites for hydroxylation is 1. The van der Waals surface area contributed by atoms with Crippen molar-refractivity contribution in [3.05, 3.63) is 58.7 Å². The Morgan fingerprint density at radius 2 is 1.84 bits per heavy atom. The number of fused-ring (bicyclic) bond motifs is 2. The van der Waals surface area contributed by atoms with Crippen molar-refractivity contribution in [1.29, 1.82) is 0 Å². The van der Waals surface area contributed by atoms with Gasteiger partial charge >= 0.3 is 0 Å². The van der Waals surface area contributed by atoms with E-state index in [1.54, 1.807) is 6.07 Å². The van der Waals surface area contributed by atoms with E-state index in [1.165, 1.54) is 11.3 Å². The Bertz CT molecular complexity index is 1350. The zero-order valence-electron chi connectivity index (χ0n) is 18.4. The number of sulfone groups is 1. The van der Waals surface area contributed by atoms with Crippen LogP contribution in [0.1, 0.15) is 25.1 Å². The Morgan fingerprint density at radius 1 is 1.09 bits per heavy atom. The zero-order chi connectivity index (χ0) is 22.9. The number of aromatic nitrogens is 1. The number of likely N-dealkylation sites (N-methyl/N-ethyl adjacent to an activating group) is 1. The normalized spacial score (nSPS) is 12.3. The number of hydrogen-bond acceptors (Lipinski definition) is 5. The molecule has 8 heteroatoms. The lowest BCUT2D eigenvalue weighted by Crippen LogP contribution is -2.28. The van der Waals surface area contributed by atoms with Crippen LogP contribution < -0.4 is 4.74 Å². The molecule has 0 radical (unpaired) electrons. The molecule has 2 aromatic heterocycles. The molecule has 1 N–H and O–H groups in total. The van der Waals surface area contributed by atoms with Crippen LogP contribution in [0.2, 0.25) is 5.02 Å². The fourth-order valence-electron chi connectivity index (χ4n) is 3.98. The van der Waals surface area contributed by atoms with Crippen LogP contribution >= 0.6 is 22.9 Å². The van der Waals surface area contributed by atoms with E-state index in [0.717, 1.165) is 46.2 Å². The van der Waals surface area contributed by atoms with E-state index in [9.17, 15) is 8.42 Å². The van der Waals surface area contributed by atoms with E-state index in [1.807, 2.05) is 43.3 Å². The molecule has 0 saturated carbocycles. The topological polar surface area (TPSA) is 62.4 Å². The summed E-state index contributed by atoms with van der Waals surface area (Å²) in [5.74, 6) is 0.474. The maximum absolute atomic E-state index is 13.5. The van der Waals surface area contributed by atoms with Crippen LogP contribution in [0.4, 0.5) is 0 Å². The van der Waals surface area contributed by atoms with Gasteiger partial charge in [-0.3, -0.25) is 0 Å². The molecule has 0 fully saturated rings. The van der Waals surface area contributed by atoms with Crippen molar-refractivity contribution in [3.63, 3.8) is 0 Å². The van der Waals surface area contributed by atoms with Gasteiger partial charge in [0.05, 0.1) is 11.4 Å². The van der Waals surface area contributed by atoms with Gasteiger partial charge in [-0.05, 0) is 61.3 Å². The molecular formula is C24H27ClN2O3S2. The highest BCUT2D eigenvalue weighted by Crippen LogP contribution is 2.39. The fraction of sp³-hybridized carbons (Fsp3) is 0.333. The van der Waals surface area contributed by atoms with E-state index in [-0.39, 0.29) is 5.75 Å². The van der Waals surface area contributed by atoms with Crippen LogP contribution in [0.5, 0.6) is 5.75 Å². The lowest BCUT2D eigenvalue weighted by atomic mass is 10.2. The zero-order valence-corrected chi connectivity index (χ0v) is 20.8. The van der Waals surface area contributed by atoms with Crippen molar-refractivity contribution in [3.8, 4) is 5.75 Å². The first kappa shape index (κ1) is 23.1. The number of nitrogens with one attached hydrogen (secondary N) is 1. The molecule has 0 aliphatic heterocycles. The summed E-state index contributed by atoms with van der Waals surface area (Å²) in [5, 5.41) is 2.38. The maximum Gasteiger partial charge on any atom is 0.193 e. The van der Waals surface area contributed by atoms with E-state index in [2.05, 4.69) is 23.7 Å². The smallest absolute Gasteiger partial charge is 0.193 e. The monoisotopic (exact) mass is 490 g/mol. The third kappa shape index (κ3) is 4.53. The summed E-state index contributed by atoms with van der Waals surface area (Å²) in [7, 11) is -3.59. The van der Waals surface area contributed by atoms with Crippen molar-refractivity contribution in [2.75, 3.05) is 26.2 Å². The minimum Gasteiger partial charge on any atom is -0.490 e. The highest BCUT2D eigenvalue weighted by atomic mass is 35.5. The minimum absolute atomic E-state index is 0.149. The lowest BCUT2D eigenvalue weighted by Gasteiger charge is -2.18. The molecule has 0 aliphatic carbocycles. The molecule has 4 aromatic rings. The summed E-state index contributed by atoms with van der Waals surface area (Å²) < 4.78 is 34.4. The summed E-state index contributed by atoms with van der Waals surface area (Å²) in [6.45, 7) is 9.26. The molecule has 0 unspecified atom stereocenters. The van der Waals surface area contributed by atoms with E-state index >= 15 is 0 Å². The molecule has 0 aliphatic rings. The number of para-hydroxylation sites is 1. The van der Waals surface area contributed by atoms with Crippen LogP contribution in [-0.4, -0.2) is 44.5 Å². The highest BCUT2D eigenvalue weighted by Gasteiger charge is 2.26. The molecule has 2 aromatic carbocycles. The van der Waals surface area contributed by atoms with Gasteiger partial charge in [-0.15, -0.1) is 11.3 Å². The summed E-state index contributed by atoms with van der Waals surface area (Å²) >= 11 is 7.42. The van der Waals surface area contributed by atoms with Gasteiger partial charge in [0, 0.05) is 27.2 Å². The van der Waals surface area contributed by atoms with Gasteiger partial charge in [0.1, 0.15) is 16.6 Å². The largest absolute Gasteiger partial charge is 0.490 e. The third-order valence-corrected chi connectivity index (χ3v) is 9.61. The van der Waals surface area contributed by atoms with Crippen molar-refractivity contribution >= 4 is 53.8 Å². The number of H-pyrrole nitrogens is 1. The van der Waals surface area contributed by atoms with Gasteiger partial charge in [0.15, 0.2) is 9.84 Å². The molecule has 0 saturated heterocycles. The molecule has 5 nitrogen and oxygen atoms in total. The van der Waals surface area contributed by atoms with Gasteiger partial charge < -0.3 is 14.6 Å². The number of benzene rings is 2. The fourth-order valence-corrected chi connectivity index (χ4v) is 7.32. The Morgan fingerprint density at radius 3 is 2.59 bits per heavy atom. The molecule has 0 atom stereocenters. The van der Waals surface area contributed by atoms with Crippen molar-refractivity contribution in [2.24, 2.45) is 0 Å². The first-order valence-electron chi connectivity index (χ1n) is 10.7. The van der Waals surface area contributed by atoms with E-state index in [4.69, 9.17) is 16.3 Å². The molecule has 0 amide bonds. The molecular weight excluding hydrogens is 464 g/mol. The molecule has 4 rings (SSSR count). The average Bonchev–Trinajstić information content (AvgIpc) is 3.28. The third-order valence-electron chi connectivity index (χ3n) is 5.75. The summed E-state index contributed by atoms with van der Waals surface area (Å²) in [5.41, 5.74) is 2.20. The van der Waals surface area contributed by atoms with Crippen LogP contribution in [0.25, 0.3) is 21.0 Å². The predicted molar refractivity (Wildman–Crippen MR) is 134 cm³/mol. The number of ether oxygens (including phenoxy) is 1. The van der Waals surface area contributed by atoms with Crippen LogP contribution in [-0.2, 0) is 15.6 Å². The quantitative estimate of drug-likeness (QED) is 0.310. The van der Waals surface area contributed by atoms with Crippen LogP contribution in [0.3, 0.4) is 0 Å². The number of hydrogen-bond donors (Lipinski definition) is 1. The van der Waals surface area contributed by atoms with Crippen molar-refractivity contribution < 1.29 is 13.2 Å². The van der Waals surface area contributed by atoms with Gasteiger partial charge in [-0.1, -0.05) is 37.6 Å². The van der Waals surface area contributed by atoms with Crippen LogP contribution in [0.15, 0.2) is 46.7 Å². The van der Waals surface area contributed by atoms with Gasteiger partial charge in [0.25, 0.3) is 0 Å². The molecule has 2 heterocycles. The van der Waals surface area contributed by atoms with Crippen LogP contribution in [0, 0.1) is 6.92 Å². The number of thiophene rings is 1. The summed E-state index contributed by atoms with van der Waals surface area (Å²) in [6.07, 6.45) is 0. The highest BCUT2D eigenvalue weighted by molar-refractivity contribution is 7.93. The Kier molecular flexibility index (Phi) is 6.81.